The number of amides is 1. The van der Waals surface area contributed by atoms with Crippen LogP contribution >= 0.6 is 0 Å². The van der Waals surface area contributed by atoms with Crippen LogP contribution < -0.4 is 16.8 Å². The molecular formula is C18H21N5O. The lowest BCUT2D eigenvalue weighted by Crippen LogP contribution is -2.37. The number of nitrogens with two attached hydrogens (primary N) is 2. The molecule has 1 unspecified atom stereocenters. The number of benzene rings is 2. The predicted octanol–water partition coefficient (Wildman–Crippen LogP) is 1.95. The van der Waals surface area contributed by atoms with Gasteiger partial charge in [0, 0.05) is 11.1 Å². The van der Waals surface area contributed by atoms with Gasteiger partial charge in [0.15, 0.2) is 0 Å². The Morgan fingerprint density at radius 1 is 1.29 bits per heavy atom. The van der Waals surface area contributed by atoms with Gasteiger partial charge < -0.3 is 16.8 Å². The first-order valence-electron chi connectivity index (χ1n) is 7.90. The van der Waals surface area contributed by atoms with Gasteiger partial charge in [-0.05, 0) is 55.8 Å². The molecule has 3 aromatic rings. The Labute approximate surface area is 140 Å². The highest BCUT2D eigenvalue weighted by atomic mass is 16.2. The summed E-state index contributed by atoms with van der Waals surface area (Å²) in [6.45, 7) is 2.42. The second-order valence-electron chi connectivity index (χ2n) is 5.84. The van der Waals surface area contributed by atoms with Crippen molar-refractivity contribution in [1.82, 2.24) is 9.78 Å². The van der Waals surface area contributed by atoms with Crippen molar-refractivity contribution in [3.63, 3.8) is 0 Å². The van der Waals surface area contributed by atoms with E-state index in [0.29, 0.717) is 18.7 Å². The first kappa shape index (κ1) is 16.2. The van der Waals surface area contributed by atoms with E-state index in [1.54, 1.807) is 0 Å². The lowest BCUT2D eigenvalue weighted by Gasteiger charge is -2.11. The Bertz CT molecular complexity index is 871. The zero-order chi connectivity index (χ0) is 17.1. The van der Waals surface area contributed by atoms with E-state index in [9.17, 15) is 4.79 Å². The summed E-state index contributed by atoms with van der Waals surface area (Å²) >= 11 is 0. The Morgan fingerprint density at radius 2 is 2.12 bits per heavy atom. The lowest BCUT2D eigenvalue weighted by atomic mass is 10.2. The van der Waals surface area contributed by atoms with E-state index in [2.05, 4.69) is 16.5 Å². The molecule has 124 valence electrons. The van der Waals surface area contributed by atoms with E-state index in [4.69, 9.17) is 11.5 Å². The maximum absolute atomic E-state index is 12.1. The molecule has 1 aromatic heterocycles. The molecule has 0 aliphatic rings. The molecule has 0 fully saturated rings. The fraction of sp³-hybridized carbons (Fsp3) is 0.222. The number of carbonyl (C=O) groups is 1. The van der Waals surface area contributed by atoms with Crippen LogP contribution in [0.2, 0.25) is 0 Å². The Hall–Kier alpha value is -2.70. The van der Waals surface area contributed by atoms with Crippen LogP contribution in [0.25, 0.3) is 16.6 Å². The number of carbonyl (C=O) groups excluding carboxylic acids is 1. The van der Waals surface area contributed by atoms with Crippen molar-refractivity contribution in [2.24, 2.45) is 11.5 Å². The van der Waals surface area contributed by atoms with Crippen LogP contribution in [0.15, 0.2) is 48.7 Å². The molecule has 1 atom stereocenters. The monoisotopic (exact) mass is 323 g/mol. The van der Waals surface area contributed by atoms with Crippen LogP contribution in [0.5, 0.6) is 0 Å². The molecule has 0 radical (unpaired) electrons. The van der Waals surface area contributed by atoms with Gasteiger partial charge in [0.05, 0.1) is 23.4 Å². The van der Waals surface area contributed by atoms with Crippen LogP contribution in [0.3, 0.4) is 0 Å². The first-order chi connectivity index (χ1) is 11.6. The van der Waals surface area contributed by atoms with Crippen LogP contribution in [0.4, 0.5) is 5.69 Å². The molecule has 0 aliphatic heterocycles. The maximum atomic E-state index is 12.1. The molecule has 0 bridgehead atoms. The second-order valence-corrected chi connectivity index (χ2v) is 5.84. The zero-order valence-corrected chi connectivity index (χ0v) is 13.6. The summed E-state index contributed by atoms with van der Waals surface area (Å²) in [6.07, 6.45) is 2.26. The van der Waals surface area contributed by atoms with Gasteiger partial charge in [0.2, 0.25) is 5.91 Å². The fourth-order valence-electron chi connectivity index (χ4n) is 2.61. The lowest BCUT2D eigenvalue weighted by molar-refractivity contribution is -0.117. The third-order valence-corrected chi connectivity index (χ3v) is 3.90. The molecule has 5 N–H and O–H groups in total. The van der Waals surface area contributed by atoms with Crippen LogP contribution in [-0.2, 0) is 4.79 Å². The molecule has 6 heteroatoms. The number of aryl methyl sites for hydroxylation is 1. The normalized spacial score (nSPS) is 12.3. The van der Waals surface area contributed by atoms with Crippen molar-refractivity contribution in [2.45, 2.75) is 19.4 Å². The van der Waals surface area contributed by atoms with E-state index in [-0.39, 0.29) is 5.91 Å². The van der Waals surface area contributed by atoms with E-state index in [0.717, 1.165) is 22.2 Å². The summed E-state index contributed by atoms with van der Waals surface area (Å²) in [5, 5.41) is 8.29. The summed E-state index contributed by atoms with van der Waals surface area (Å²) in [4.78, 5) is 12.1. The minimum absolute atomic E-state index is 0.235. The van der Waals surface area contributed by atoms with Gasteiger partial charge in [-0.15, -0.1) is 0 Å². The van der Waals surface area contributed by atoms with Gasteiger partial charge in [-0.1, -0.05) is 12.1 Å². The van der Waals surface area contributed by atoms with Crippen LogP contribution in [0.1, 0.15) is 12.0 Å². The molecule has 6 nitrogen and oxygen atoms in total. The highest BCUT2D eigenvalue weighted by Gasteiger charge is 2.13. The Morgan fingerprint density at radius 3 is 2.88 bits per heavy atom. The van der Waals surface area contributed by atoms with Crippen molar-refractivity contribution in [3.05, 3.63) is 54.2 Å². The fourth-order valence-corrected chi connectivity index (χ4v) is 2.61. The number of hydrogen-bond donors (Lipinski definition) is 3. The molecule has 0 saturated heterocycles. The van der Waals surface area contributed by atoms with Gasteiger partial charge in [-0.25, -0.2) is 4.68 Å². The van der Waals surface area contributed by atoms with Gasteiger partial charge in [0.1, 0.15) is 0 Å². The summed E-state index contributed by atoms with van der Waals surface area (Å²) in [5.74, 6) is -0.235. The number of nitrogens with zero attached hydrogens (tertiary/aromatic N) is 2. The van der Waals surface area contributed by atoms with Crippen molar-refractivity contribution >= 4 is 22.5 Å². The highest BCUT2D eigenvalue weighted by Crippen LogP contribution is 2.22. The van der Waals surface area contributed by atoms with Gasteiger partial charge in [-0.2, -0.15) is 5.10 Å². The predicted molar refractivity (Wildman–Crippen MR) is 96.1 cm³/mol. The van der Waals surface area contributed by atoms with Gasteiger partial charge >= 0.3 is 0 Å². The molecule has 0 aliphatic carbocycles. The standard InChI is InChI=1S/C18H21N5O/c1-12-3-2-4-15(9-12)23-17-10-14(6-5-13(17)11-21-23)22-18(24)16(20)7-8-19/h2-6,9-11,16H,7-8,19-20H2,1H3,(H,22,24). The third kappa shape index (κ3) is 3.29. The quantitative estimate of drug-likeness (QED) is 0.668. The number of anilines is 1. The van der Waals surface area contributed by atoms with Crippen molar-refractivity contribution in [3.8, 4) is 5.69 Å². The first-order valence-corrected chi connectivity index (χ1v) is 7.90. The highest BCUT2D eigenvalue weighted by molar-refractivity contribution is 5.96. The van der Waals surface area contributed by atoms with E-state index < -0.39 is 6.04 Å². The minimum atomic E-state index is -0.604. The topological polar surface area (TPSA) is 99.0 Å². The minimum Gasteiger partial charge on any atom is -0.330 e. The second kappa shape index (κ2) is 6.82. The van der Waals surface area contributed by atoms with E-state index >= 15 is 0 Å². The molecule has 1 amide bonds. The molecule has 24 heavy (non-hydrogen) atoms. The average Bonchev–Trinajstić information content (AvgIpc) is 2.98. The largest absolute Gasteiger partial charge is 0.330 e. The van der Waals surface area contributed by atoms with Crippen LogP contribution in [0, 0.1) is 6.92 Å². The number of aromatic nitrogens is 2. The Kier molecular flexibility index (Phi) is 4.59. The summed E-state index contributed by atoms with van der Waals surface area (Å²) in [5.41, 5.74) is 15.0. The van der Waals surface area contributed by atoms with Gasteiger partial charge in [0.25, 0.3) is 0 Å². The molecular weight excluding hydrogens is 302 g/mol. The van der Waals surface area contributed by atoms with Crippen molar-refractivity contribution < 1.29 is 4.79 Å². The smallest absolute Gasteiger partial charge is 0.241 e. The number of nitrogens with one attached hydrogen (secondary N) is 1. The van der Waals surface area contributed by atoms with Gasteiger partial charge in [-0.3, -0.25) is 4.79 Å². The number of rotatable bonds is 5. The third-order valence-electron chi connectivity index (χ3n) is 3.90. The molecule has 0 spiro atoms. The number of hydrogen-bond acceptors (Lipinski definition) is 4. The summed E-state index contributed by atoms with van der Waals surface area (Å²) in [7, 11) is 0. The maximum Gasteiger partial charge on any atom is 0.241 e. The summed E-state index contributed by atoms with van der Waals surface area (Å²) < 4.78 is 1.86. The summed E-state index contributed by atoms with van der Waals surface area (Å²) in [6, 6.07) is 13.2. The Balaban J connectivity index is 1.93. The molecule has 0 saturated carbocycles. The number of fused-ring (bicyclic) bond motifs is 1. The zero-order valence-electron chi connectivity index (χ0n) is 13.6. The average molecular weight is 323 g/mol. The van der Waals surface area contributed by atoms with Crippen molar-refractivity contribution in [1.29, 1.82) is 0 Å². The molecule has 1 heterocycles. The van der Waals surface area contributed by atoms with E-state index in [1.165, 1.54) is 0 Å². The van der Waals surface area contributed by atoms with Crippen molar-refractivity contribution in [2.75, 3.05) is 11.9 Å². The van der Waals surface area contributed by atoms with Crippen LogP contribution in [-0.4, -0.2) is 28.3 Å². The van der Waals surface area contributed by atoms with E-state index in [1.807, 2.05) is 54.2 Å². The molecule has 3 rings (SSSR count). The molecule has 2 aromatic carbocycles. The SMILES string of the molecule is Cc1cccc(-n2ncc3ccc(NC(=O)C(N)CCN)cc32)c1.